The Hall–Kier alpha value is -1.12. The number of nitriles is 1. The number of nitrogens with zero attached hydrogens (tertiary/aromatic N) is 1. The first-order valence-corrected chi connectivity index (χ1v) is 3.61. The van der Waals surface area contributed by atoms with E-state index in [0.29, 0.717) is 6.61 Å². The molecule has 68 valence electrons. The van der Waals surface area contributed by atoms with Crippen LogP contribution in [0.5, 0.6) is 0 Å². The SMILES string of the molecule is CCOOCC(C#N)NC(C)=O. The van der Waals surface area contributed by atoms with Gasteiger partial charge in [0.15, 0.2) is 0 Å². The van der Waals surface area contributed by atoms with Crippen molar-refractivity contribution in [1.29, 1.82) is 5.26 Å². The summed E-state index contributed by atoms with van der Waals surface area (Å²) >= 11 is 0. The van der Waals surface area contributed by atoms with E-state index in [1.165, 1.54) is 6.92 Å². The zero-order chi connectivity index (χ0) is 9.40. The van der Waals surface area contributed by atoms with Gasteiger partial charge in [-0.05, 0) is 6.92 Å². The maximum Gasteiger partial charge on any atom is 0.217 e. The third kappa shape index (κ3) is 5.65. The number of rotatable bonds is 5. The highest BCUT2D eigenvalue weighted by Gasteiger charge is 2.08. The molecule has 1 unspecified atom stereocenters. The van der Waals surface area contributed by atoms with Gasteiger partial charge >= 0.3 is 0 Å². The van der Waals surface area contributed by atoms with Crippen molar-refractivity contribution in [2.75, 3.05) is 13.2 Å². The number of carbonyl (C=O) groups is 1. The molecule has 0 spiro atoms. The van der Waals surface area contributed by atoms with E-state index in [0.717, 1.165) is 0 Å². The fraction of sp³-hybridized carbons (Fsp3) is 0.714. The molecule has 0 saturated carbocycles. The van der Waals surface area contributed by atoms with Crippen LogP contribution in [0.1, 0.15) is 13.8 Å². The molecule has 1 atom stereocenters. The Morgan fingerprint density at radius 2 is 2.33 bits per heavy atom. The van der Waals surface area contributed by atoms with Gasteiger partial charge in [0.05, 0.1) is 12.7 Å². The van der Waals surface area contributed by atoms with Gasteiger partial charge in [0.2, 0.25) is 5.91 Å². The third-order valence-electron chi connectivity index (χ3n) is 0.969. The predicted octanol–water partition coefficient (Wildman–Crippen LogP) is -0.0172. The molecule has 0 saturated heterocycles. The molecule has 12 heavy (non-hydrogen) atoms. The first kappa shape index (κ1) is 10.9. The zero-order valence-corrected chi connectivity index (χ0v) is 7.16. The Morgan fingerprint density at radius 3 is 2.75 bits per heavy atom. The van der Waals surface area contributed by atoms with Crippen LogP contribution in [0.4, 0.5) is 0 Å². The van der Waals surface area contributed by atoms with Crippen LogP contribution < -0.4 is 5.32 Å². The van der Waals surface area contributed by atoms with E-state index in [2.05, 4.69) is 15.1 Å². The summed E-state index contributed by atoms with van der Waals surface area (Å²) in [5.74, 6) is -0.262. The van der Waals surface area contributed by atoms with Gasteiger partial charge in [-0.3, -0.25) is 4.79 Å². The summed E-state index contributed by atoms with van der Waals surface area (Å²) in [5.41, 5.74) is 0. The largest absolute Gasteiger partial charge is 0.339 e. The molecule has 1 N–H and O–H groups in total. The number of amides is 1. The quantitative estimate of drug-likeness (QED) is 0.359. The molecule has 0 bridgehead atoms. The molecule has 0 radical (unpaired) electrons. The van der Waals surface area contributed by atoms with E-state index >= 15 is 0 Å². The molecule has 0 aromatic carbocycles. The predicted molar refractivity (Wildman–Crippen MR) is 40.8 cm³/mol. The molecular formula is C7H12N2O3. The highest BCUT2D eigenvalue weighted by atomic mass is 17.2. The van der Waals surface area contributed by atoms with Crippen molar-refractivity contribution in [2.45, 2.75) is 19.9 Å². The van der Waals surface area contributed by atoms with Crippen LogP contribution in [0.15, 0.2) is 0 Å². The van der Waals surface area contributed by atoms with Crippen molar-refractivity contribution in [2.24, 2.45) is 0 Å². The standard InChI is InChI=1S/C7H12N2O3/c1-3-11-12-5-7(4-8)9-6(2)10/h7H,3,5H2,1-2H3,(H,9,10). The highest BCUT2D eigenvalue weighted by Crippen LogP contribution is 1.85. The van der Waals surface area contributed by atoms with Crippen molar-refractivity contribution in [3.8, 4) is 6.07 Å². The minimum Gasteiger partial charge on any atom is -0.339 e. The van der Waals surface area contributed by atoms with Crippen molar-refractivity contribution in [3.05, 3.63) is 0 Å². The van der Waals surface area contributed by atoms with E-state index in [4.69, 9.17) is 5.26 Å². The Balaban J connectivity index is 3.55. The first-order valence-electron chi connectivity index (χ1n) is 3.61. The van der Waals surface area contributed by atoms with Crippen LogP contribution in [-0.4, -0.2) is 25.2 Å². The van der Waals surface area contributed by atoms with E-state index in [9.17, 15) is 4.79 Å². The van der Waals surface area contributed by atoms with Crippen LogP contribution in [0.25, 0.3) is 0 Å². The minimum atomic E-state index is -0.644. The van der Waals surface area contributed by atoms with Crippen molar-refractivity contribution >= 4 is 5.91 Å². The van der Waals surface area contributed by atoms with E-state index in [1.54, 1.807) is 6.92 Å². The van der Waals surface area contributed by atoms with Crippen molar-refractivity contribution in [3.63, 3.8) is 0 Å². The van der Waals surface area contributed by atoms with Gasteiger partial charge in [0, 0.05) is 6.92 Å². The Bertz CT molecular complexity index is 176. The molecule has 0 aromatic heterocycles. The monoisotopic (exact) mass is 172 g/mol. The summed E-state index contributed by atoms with van der Waals surface area (Å²) in [4.78, 5) is 19.6. The molecule has 5 heteroatoms. The average molecular weight is 172 g/mol. The molecule has 1 amide bonds. The molecule has 0 aliphatic carbocycles. The maximum atomic E-state index is 10.5. The summed E-state index contributed by atoms with van der Waals surface area (Å²) in [6.07, 6.45) is 0. The fourth-order valence-corrected chi connectivity index (χ4v) is 0.556. The molecule has 5 nitrogen and oxygen atoms in total. The molecule has 0 aromatic rings. The van der Waals surface area contributed by atoms with Gasteiger partial charge in [-0.1, -0.05) is 0 Å². The first-order chi connectivity index (χ1) is 5.70. The average Bonchev–Trinajstić information content (AvgIpc) is 2.02. The summed E-state index contributed by atoms with van der Waals surface area (Å²) in [5, 5.41) is 10.9. The second kappa shape index (κ2) is 6.58. The molecule has 0 aliphatic heterocycles. The maximum absolute atomic E-state index is 10.5. The van der Waals surface area contributed by atoms with Gasteiger partial charge in [0.1, 0.15) is 12.6 Å². The number of carbonyl (C=O) groups excluding carboxylic acids is 1. The van der Waals surface area contributed by atoms with Gasteiger partial charge < -0.3 is 5.32 Å². The highest BCUT2D eigenvalue weighted by molar-refractivity contribution is 5.73. The van der Waals surface area contributed by atoms with Crippen LogP contribution in [-0.2, 0) is 14.6 Å². The number of hydrogen-bond acceptors (Lipinski definition) is 4. The van der Waals surface area contributed by atoms with Crippen LogP contribution in [0, 0.1) is 11.3 Å². The number of hydrogen-bond donors (Lipinski definition) is 1. The summed E-state index contributed by atoms with van der Waals surface area (Å²) in [6, 6.07) is 1.21. The Labute approximate surface area is 71.2 Å². The summed E-state index contributed by atoms with van der Waals surface area (Å²) < 4.78 is 0. The van der Waals surface area contributed by atoms with Gasteiger partial charge in [-0.2, -0.15) is 5.26 Å². The second-order valence-corrected chi connectivity index (χ2v) is 2.07. The molecule has 0 fully saturated rings. The third-order valence-corrected chi connectivity index (χ3v) is 0.969. The van der Waals surface area contributed by atoms with Crippen molar-refractivity contribution in [1.82, 2.24) is 5.32 Å². The lowest BCUT2D eigenvalue weighted by Crippen LogP contribution is -2.35. The van der Waals surface area contributed by atoms with Crippen LogP contribution >= 0.6 is 0 Å². The normalized spacial score (nSPS) is 11.8. The van der Waals surface area contributed by atoms with E-state index in [1.807, 2.05) is 6.07 Å². The van der Waals surface area contributed by atoms with Crippen molar-refractivity contribution < 1.29 is 14.6 Å². The molecule has 0 heterocycles. The molecular weight excluding hydrogens is 160 g/mol. The summed E-state index contributed by atoms with van der Waals surface area (Å²) in [6.45, 7) is 3.56. The van der Waals surface area contributed by atoms with Crippen LogP contribution in [0.3, 0.4) is 0 Å². The van der Waals surface area contributed by atoms with Gasteiger partial charge in [-0.15, -0.1) is 0 Å². The fourth-order valence-electron chi connectivity index (χ4n) is 0.556. The van der Waals surface area contributed by atoms with Gasteiger partial charge in [0.25, 0.3) is 0 Å². The van der Waals surface area contributed by atoms with Crippen LogP contribution in [0.2, 0.25) is 0 Å². The lowest BCUT2D eigenvalue weighted by atomic mass is 10.3. The minimum absolute atomic E-state index is 0.0456. The molecule has 0 rings (SSSR count). The van der Waals surface area contributed by atoms with E-state index < -0.39 is 6.04 Å². The summed E-state index contributed by atoms with van der Waals surface area (Å²) in [7, 11) is 0. The Kier molecular flexibility index (Phi) is 5.97. The smallest absolute Gasteiger partial charge is 0.217 e. The second-order valence-electron chi connectivity index (χ2n) is 2.07. The lowest BCUT2D eigenvalue weighted by Gasteiger charge is -2.08. The number of nitrogens with one attached hydrogen (secondary N) is 1. The Morgan fingerprint density at radius 1 is 1.67 bits per heavy atom. The molecule has 0 aliphatic rings. The zero-order valence-electron chi connectivity index (χ0n) is 7.16. The lowest BCUT2D eigenvalue weighted by molar-refractivity contribution is -0.292. The van der Waals surface area contributed by atoms with E-state index in [-0.39, 0.29) is 12.5 Å². The van der Waals surface area contributed by atoms with Gasteiger partial charge in [-0.25, -0.2) is 9.78 Å². The topological polar surface area (TPSA) is 71.3 Å².